The normalized spacial score (nSPS) is 10.5. The molecule has 1 amide bonds. The van der Waals surface area contributed by atoms with Crippen LogP contribution in [0.5, 0.6) is 5.75 Å². The van der Waals surface area contributed by atoms with Crippen LogP contribution in [0.4, 0.5) is 17.2 Å². The second-order valence-corrected chi connectivity index (χ2v) is 6.40. The molecule has 2 N–H and O–H groups in total. The molecule has 0 atom stereocenters. The van der Waals surface area contributed by atoms with Gasteiger partial charge in [0.05, 0.1) is 24.2 Å². The van der Waals surface area contributed by atoms with Crippen molar-refractivity contribution in [1.82, 2.24) is 9.97 Å². The van der Waals surface area contributed by atoms with E-state index in [9.17, 15) is 4.79 Å². The van der Waals surface area contributed by atoms with Crippen LogP contribution in [-0.4, -0.2) is 22.0 Å². The number of benzene rings is 2. The third kappa shape index (κ3) is 5.04. The molecule has 0 radical (unpaired) electrons. The molecule has 0 aliphatic rings. The monoisotopic (exact) mass is 362 g/mol. The zero-order valence-corrected chi connectivity index (χ0v) is 15.6. The Morgan fingerprint density at radius 1 is 1.04 bits per heavy atom. The summed E-state index contributed by atoms with van der Waals surface area (Å²) in [5.41, 5.74) is 2.83. The van der Waals surface area contributed by atoms with E-state index in [-0.39, 0.29) is 17.7 Å². The Labute approximate surface area is 158 Å². The molecular weight excluding hydrogens is 340 g/mol. The number of aryl methyl sites for hydroxylation is 1. The average molecular weight is 362 g/mol. The van der Waals surface area contributed by atoms with Crippen molar-refractivity contribution in [2.75, 3.05) is 10.6 Å². The van der Waals surface area contributed by atoms with Crippen molar-refractivity contribution in [1.29, 1.82) is 0 Å². The van der Waals surface area contributed by atoms with Crippen LogP contribution in [0.25, 0.3) is 0 Å². The largest absolute Gasteiger partial charge is 0.489 e. The van der Waals surface area contributed by atoms with Crippen LogP contribution in [0.3, 0.4) is 0 Å². The van der Waals surface area contributed by atoms with Crippen molar-refractivity contribution < 1.29 is 9.53 Å². The van der Waals surface area contributed by atoms with Gasteiger partial charge in [-0.1, -0.05) is 24.3 Å². The highest BCUT2D eigenvalue weighted by atomic mass is 16.5. The molecule has 6 heteroatoms. The van der Waals surface area contributed by atoms with Crippen LogP contribution in [0.2, 0.25) is 0 Å². The van der Waals surface area contributed by atoms with Crippen molar-refractivity contribution >= 4 is 23.1 Å². The van der Waals surface area contributed by atoms with Gasteiger partial charge in [0.15, 0.2) is 0 Å². The summed E-state index contributed by atoms with van der Waals surface area (Å²) in [5, 5.41) is 5.99. The molecule has 6 nitrogen and oxygen atoms in total. The highest BCUT2D eigenvalue weighted by Crippen LogP contribution is 2.27. The molecule has 0 unspecified atom stereocenters. The minimum Gasteiger partial charge on any atom is -0.489 e. The first-order valence-corrected chi connectivity index (χ1v) is 8.74. The fourth-order valence-corrected chi connectivity index (χ4v) is 2.49. The van der Waals surface area contributed by atoms with Gasteiger partial charge in [0.2, 0.25) is 0 Å². The maximum Gasteiger partial charge on any atom is 0.275 e. The predicted octanol–water partition coefficient (Wildman–Crippen LogP) is 4.57. The maximum atomic E-state index is 12.3. The third-order valence-electron chi connectivity index (χ3n) is 3.67. The standard InChI is InChI=1S/C21H22N4O2/c1-14(2)27-19-10-5-4-9-17(19)25-20-13-22-18(12-23-20)21(26)24-16-8-6-7-15(3)11-16/h4-14H,1-3H3,(H,23,25)(H,24,26). The van der Waals surface area contributed by atoms with Gasteiger partial charge in [0, 0.05) is 5.69 Å². The Balaban J connectivity index is 1.70. The second-order valence-electron chi connectivity index (χ2n) is 6.40. The van der Waals surface area contributed by atoms with Crippen LogP contribution in [0.15, 0.2) is 60.9 Å². The number of para-hydroxylation sites is 2. The molecule has 27 heavy (non-hydrogen) atoms. The van der Waals surface area contributed by atoms with E-state index in [2.05, 4.69) is 20.6 Å². The molecule has 3 aromatic rings. The number of carbonyl (C=O) groups excluding carboxylic acids is 1. The highest BCUT2D eigenvalue weighted by molar-refractivity contribution is 6.02. The van der Waals surface area contributed by atoms with Gasteiger partial charge < -0.3 is 15.4 Å². The van der Waals surface area contributed by atoms with Gasteiger partial charge in [-0.3, -0.25) is 4.79 Å². The predicted molar refractivity (Wildman–Crippen MR) is 107 cm³/mol. The number of aromatic nitrogens is 2. The van der Waals surface area contributed by atoms with Gasteiger partial charge in [-0.15, -0.1) is 0 Å². The van der Waals surface area contributed by atoms with E-state index < -0.39 is 0 Å². The lowest BCUT2D eigenvalue weighted by Gasteiger charge is -2.15. The first-order chi connectivity index (χ1) is 13.0. The molecule has 1 aromatic heterocycles. The van der Waals surface area contributed by atoms with Gasteiger partial charge >= 0.3 is 0 Å². The van der Waals surface area contributed by atoms with Gasteiger partial charge in [-0.2, -0.15) is 0 Å². The van der Waals surface area contributed by atoms with Gasteiger partial charge in [-0.25, -0.2) is 9.97 Å². The molecule has 3 rings (SSSR count). The second kappa shape index (κ2) is 8.31. The summed E-state index contributed by atoms with van der Waals surface area (Å²) >= 11 is 0. The van der Waals surface area contributed by atoms with Crippen molar-refractivity contribution in [3.05, 3.63) is 72.2 Å². The molecule has 0 spiro atoms. The topological polar surface area (TPSA) is 76.1 Å². The number of hydrogen-bond acceptors (Lipinski definition) is 5. The van der Waals surface area contributed by atoms with Gasteiger partial charge in [0.25, 0.3) is 5.91 Å². The number of anilines is 3. The SMILES string of the molecule is Cc1cccc(NC(=O)c2cnc(Nc3ccccc3OC(C)C)cn2)c1. The Hall–Kier alpha value is -3.41. The first kappa shape index (κ1) is 18.4. The van der Waals surface area contributed by atoms with Crippen LogP contribution >= 0.6 is 0 Å². The smallest absolute Gasteiger partial charge is 0.275 e. The minimum absolute atomic E-state index is 0.0618. The number of rotatable bonds is 6. The van der Waals surface area contributed by atoms with E-state index >= 15 is 0 Å². The summed E-state index contributed by atoms with van der Waals surface area (Å²) in [4.78, 5) is 20.8. The summed E-state index contributed by atoms with van der Waals surface area (Å²) in [6, 6.07) is 15.2. The van der Waals surface area contributed by atoms with Crippen molar-refractivity contribution in [3.63, 3.8) is 0 Å². The molecule has 0 aliphatic carbocycles. The van der Waals surface area contributed by atoms with E-state index in [0.717, 1.165) is 22.7 Å². The van der Waals surface area contributed by atoms with E-state index in [1.165, 1.54) is 12.4 Å². The summed E-state index contributed by atoms with van der Waals surface area (Å²) < 4.78 is 5.78. The average Bonchev–Trinajstić information content (AvgIpc) is 2.63. The Bertz CT molecular complexity index is 923. The summed E-state index contributed by atoms with van der Waals surface area (Å²) in [6.45, 7) is 5.91. The Kier molecular flexibility index (Phi) is 5.66. The van der Waals surface area contributed by atoms with Crippen molar-refractivity contribution in [2.24, 2.45) is 0 Å². The van der Waals surface area contributed by atoms with Crippen LogP contribution in [0, 0.1) is 6.92 Å². The van der Waals surface area contributed by atoms with Crippen molar-refractivity contribution in [2.45, 2.75) is 26.9 Å². The summed E-state index contributed by atoms with van der Waals surface area (Å²) in [6.07, 6.45) is 3.03. The van der Waals surface area contributed by atoms with E-state index in [1.807, 2.05) is 69.3 Å². The van der Waals surface area contributed by atoms with Crippen LogP contribution in [-0.2, 0) is 0 Å². The molecule has 0 saturated carbocycles. The van der Waals surface area contributed by atoms with E-state index in [4.69, 9.17) is 4.74 Å². The van der Waals surface area contributed by atoms with Crippen LogP contribution in [0.1, 0.15) is 29.9 Å². The molecule has 0 bridgehead atoms. The molecule has 2 aromatic carbocycles. The number of nitrogens with one attached hydrogen (secondary N) is 2. The summed E-state index contributed by atoms with van der Waals surface area (Å²) in [7, 11) is 0. The molecule has 0 fully saturated rings. The van der Waals surface area contributed by atoms with Gasteiger partial charge in [0.1, 0.15) is 17.3 Å². The van der Waals surface area contributed by atoms with Gasteiger partial charge in [-0.05, 0) is 50.6 Å². The molecular formula is C21H22N4O2. The number of nitrogens with zero attached hydrogens (tertiary/aromatic N) is 2. The van der Waals surface area contributed by atoms with E-state index in [1.54, 1.807) is 0 Å². The number of amides is 1. The number of ether oxygens (including phenoxy) is 1. The quantitative estimate of drug-likeness (QED) is 0.672. The summed E-state index contributed by atoms with van der Waals surface area (Å²) in [5.74, 6) is 0.959. The third-order valence-corrected chi connectivity index (χ3v) is 3.67. The highest BCUT2D eigenvalue weighted by Gasteiger charge is 2.10. The number of carbonyl (C=O) groups is 1. The molecule has 0 saturated heterocycles. The van der Waals surface area contributed by atoms with Crippen molar-refractivity contribution in [3.8, 4) is 5.75 Å². The fourth-order valence-electron chi connectivity index (χ4n) is 2.49. The lowest BCUT2D eigenvalue weighted by Crippen LogP contribution is -2.14. The zero-order valence-electron chi connectivity index (χ0n) is 15.6. The maximum absolute atomic E-state index is 12.3. The Morgan fingerprint density at radius 3 is 2.56 bits per heavy atom. The Morgan fingerprint density at radius 2 is 1.85 bits per heavy atom. The molecule has 0 aliphatic heterocycles. The lowest BCUT2D eigenvalue weighted by molar-refractivity contribution is 0.102. The molecule has 1 heterocycles. The minimum atomic E-state index is -0.303. The first-order valence-electron chi connectivity index (χ1n) is 8.74. The molecule has 138 valence electrons. The lowest BCUT2D eigenvalue weighted by atomic mass is 10.2. The van der Waals surface area contributed by atoms with Crippen LogP contribution < -0.4 is 15.4 Å². The zero-order chi connectivity index (χ0) is 19.2. The van der Waals surface area contributed by atoms with E-state index in [0.29, 0.717) is 5.82 Å². The fraction of sp³-hybridized carbons (Fsp3) is 0.190. The number of hydrogen-bond donors (Lipinski definition) is 2.